The Bertz CT molecular complexity index is 711. The van der Waals surface area contributed by atoms with Crippen molar-refractivity contribution in [2.75, 3.05) is 0 Å². The van der Waals surface area contributed by atoms with E-state index in [4.69, 9.17) is 10.5 Å². The summed E-state index contributed by atoms with van der Waals surface area (Å²) in [4.78, 5) is 4.30. The number of hydrogen-bond acceptors (Lipinski definition) is 3. The molecule has 1 heterocycles. The number of rotatable bonds is 4. The molecule has 0 unspecified atom stereocenters. The summed E-state index contributed by atoms with van der Waals surface area (Å²) < 4.78 is 5.80. The lowest BCUT2D eigenvalue weighted by Gasteiger charge is -2.08. The smallest absolute Gasteiger partial charge is 0.120 e. The van der Waals surface area contributed by atoms with Crippen molar-refractivity contribution in [2.24, 2.45) is 5.73 Å². The molecule has 0 saturated heterocycles. The van der Waals surface area contributed by atoms with Gasteiger partial charge in [-0.3, -0.25) is 4.98 Å². The molecule has 2 N–H and O–H groups in total. The zero-order valence-electron chi connectivity index (χ0n) is 11.1. The zero-order valence-corrected chi connectivity index (χ0v) is 11.1. The molecule has 3 heteroatoms. The molecule has 0 radical (unpaired) electrons. The van der Waals surface area contributed by atoms with Gasteiger partial charge in [-0.25, -0.2) is 0 Å². The van der Waals surface area contributed by atoms with Gasteiger partial charge in [0, 0.05) is 18.1 Å². The van der Waals surface area contributed by atoms with Gasteiger partial charge in [-0.2, -0.15) is 0 Å². The maximum Gasteiger partial charge on any atom is 0.120 e. The number of benzene rings is 2. The predicted octanol–water partition coefficient (Wildman–Crippen LogP) is 3.27. The lowest BCUT2D eigenvalue weighted by atomic mass is 10.1. The summed E-state index contributed by atoms with van der Waals surface area (Å²) >= 11 is 0. The minimum Gasteiger partial charge on any atom is -0.489 e. The van der Waals surface area contributed by atoms with Crippen LogP contribution in [0.1, 0.15) is 11.3 Å². The second-order valence-corrected chi connectivity index (χ2v) is 4.66. The molecule has 0 aliphatic rings. The fourth-order valence-corrected chi connectivity index (χ4v) is 2.11. The Balaban J connectivity index is 1.79. The van der Waals surface area contributed by atoms with Crippen LogP contribution in [0.3, 0.4) is 0 Å². The summed E-state index contributed by atoms with van der Waals surface area (Å²) in [6.45, 7) is 1.03. The van der Waals surface area contributed by atoms with Gasteiger partial charge < -0.3 is 10.5 Å². The summed E-state index contributed by atoms with van der Waals surface area (Å²) in [5.74, 6) is 0.851. The topological polar surface area (TPSA) is 48.1 Å². The highest BCUT2D eigenvalue weighted by molar-refractivity contribution is 5.83. The van der Waals surface area contributed by atoms with Crippen LogP contribution in [0.4, 0.5) is 0 Å². The van der Waals surface area contributed by atoms with E-state index in [2.05, 4.69) is 17.1 Å². The van der Waals surface area contributed by atoms with E-state index in [1.807, 2.05) is 48.7 Å². The summed E-state index contributed by atoms with van der Waals surface area (Å²) in [6.07, 6.45) is 1.84. The molecule has 100 valence electrons. The minimum absolute atomic E-state index is 0.461. The van der Waals surface area contributed by atoms with Crippen molar-refractivity contribution < 1.29 is 4.74 Å². The van der Waals surface area contributed by atoms with Crippen molar-refractivity contribution >= 4 is 10.8 Å². The molecule has 0 spiro atoms. The first kappa shape index (κ1) is 12.6. The third-order valence-electron chi connectivity index (χ3n) is 3.21. The maximum atomic E-state index is 5.80. The average Bonchev–Trinajstić information content (AvgIpc) is 2.53. The Morgan fingerprint density at radius 1 is 0.950 bits per heavy atom. The molecule has 0 amide bonds. The van der Waals surface area contributed by atoms with Crippen molar-refractivity contribution in [2.45, 2.75) is 13.2 Å². The standard InChI is InChI=1S/C17H16N2O/c18-10-16-8-14-6-7-17(9-15(14)11-19-16)20-12-13-4-2-1-3-5-13/h1-9,11H,10,12,18H2. The van der Waals surface area contributed by atoms with E-state index in [1.165, 1.54) is 0 Å². The average molecular weight is 264 g/mol. The second kappa shape index (κ2) is 5.72. The summed E-state index contributed by atoms with van der Waals surface area (Å²) in [5, 5.41) is 2.19. The van der Waals surface area contributed by atoms with Crippen molar-refractivity contribution in [1.29, 1.82) is 0 Å². The molecule has 3 nitrogen and oxygen atoms in total. The van der Waals surface area contributed by atoms with Crippen LogP contribution in [0.25, 0.3) is 10.8 Å². The third kappa shape index (κ3) is 2.78. The predicted molar refractivity (Wildman–Crippen MR) is 80.4 cm³/mol. The van der Waals surface area contributed by atoms with Gasteiger partial charge in [0.2, 0.25) is 0 Å². The van der Waals surface area contributed by atoms with E-state index in [9.17, 15) is 0 Å². The van der Waals surface area contributed by atoms with Crippen LogP contribution in [0.2, 0.25) is 0 Å². The molecule has 0 saturated carbocycles. The molecule has 3 rings (SSSR count). The molecule has 0 aliphatic carbocycles. The summed E-state index contributed by atoms with van der Waals surface area (Å²) in [7, 11) is 0. The molecule has 0 bridgehead atoms. The SMILES string of the molecule is NCc1cc2ccc(OCc3ccccc3)cc2cn1. The van der Waals surface area contributed by atoms with Crippen molar-refractivity contribution in [3.63, 3.8) is 0 Å². The Hall–Kier alpha value is -2.39. The van der Waals surface area contributed by atoms with Gasteiger partial charge in [-0.15, -0.1) is 0 Å². The van der Waals surface area contributed by atoms with Gasteiger partial charge in [0.05, 0.1) is 5.69 Å². The number of aromatic nitrogens is 1. The molecule has 0 fully saturated rings. The van der Waals surface area contributed by atoms with E-state index < -0.39 is 0 Å². The van der Waals surface area contributed by atoms with Gasteiger partial charge in [0.1, 0.15) is 12.4 Å². The molecule has 3 aromatic rings. The number of ether oxygens (including phenoxy) is 1. The van der Waals surface area contributed by atoms with Crippen molar-refractivity contribution in [1.82, 2.24) is 4.98 Å². The van der Waals surface area contributed by atoms with E-state index >= 15 is 0 Å². The summed E-state index contributed by atoms with van der Waals surface area (Å²) in [6, 6.07) is 18.2. The van der Waals surface area contributed by atoms with Crippen LogP contribution >= 0.6 is 0 Å². The first-order valence-corrected chi connectivity index (χ1v) is 6.60. The summed E-state index contributed by atoms with van der Waals surface area (Å²) in [5.41, 5.74) is 7.65. The quantitative estimate of drug-likeness (QED) is 0.786. The normalized spacial score (nSPS) is 10.7. The van der Waals surface area contributed by atoms with Gasteiger partial charge in [0.25, 0.3) is 0 Å². The number of hydrogen-bond donors (Lipinski definition) is 1. The first-order chi connectivity index (χ1) is 9.85. The van der Waals surface area contributed by atoms with E-state index in [0.29, 0.717) is 13.2 Å². The zero-order chi connectivity index (χ0) is 13.8. The fourth-order valence-electron chi connectivity index (χ4n) is 2.11. The molecule has 20 heavy (non-hydrogen) atoms. The number of nitrogens with zero attached hydrogens (tertiary/aromatic N) is 1. The van der Waals surface area contributed by atoms with Crippen LogP contribution in [-0.4, -0.2) is 4.98 Å². The third-order valence-corrected chi connectivity index (χ3v) is 3.21. The monoisotopic (exact) mass is 264 g/mol. The molecular formula is C17H16N2O. The Morgan fingerprint density at radius 3 is 2.60 bits per heavy atom. The second-order valence-electron chi connectivity index (χ2n) is 4.66. The Kier molecular flexibility index (Phi) is 3.61. The van der Waals surface area contributed by atoms with E-state index in [0.717, 1.165) is 27.8 Å². The highest BCUT2D eigenvalue weighted by atomic mass is 16.5. The van der Waals surface area contributed by atoms with Crippen LogP contribution in [0, 0.1) is 0 Å². The first-order valence-electron chi connectivity index (χ1n) is 6.60. The lowest BCUT2D eigenvalue weighted by Crippen LogP contribution is -1.99. The van der Waals surface area contributed by atoms with Gasteiger partial charge in [0.15, 0.2) is 0 Å². The highest BCUT2D eigenvalue weighted by Gasteiger charge is 2.00. The molecular weight excluding hydrogens is 248 g/mol. The fraction of sp³-hybridized carbons (Fsp3) is 0.118. The van der Waals surface area contributed by atoms with Crippen LogP contribution in [0.15, 0.2) is 60.8 Å². The maximum absolute atomic E-state index is 5.80. The lowest BCUT2D eigenvalue weighted by molar-refractivity contribution is 0.306. The highest BCUT2D eigenvalue weighted by Crippen LogP contribution is 2.21. The van der Waals surface area contributed by atoms with Crippen LogP contribution in [-0.2, 0) is 13.2 Å². The minimum atomic E-state index is 0.461. The van der Waals surface area contributed by atoms with Crippen LogP contribution in [0.5, 0.6) is 5.75 Å². The van der Waals surface area contributed by atoms with E-state index in [-0.39, 0.29) is 0 Å². The largest absolute Gasteiger partial charge is 0.489 e. The number of fused-ring (bicyclic) bond motifs is 1. The van der Waals surface area contributed by atoms with Gasteiger partial charge in [-0.1, -0.05) is 36.4 Å². The Morgan fingerprint density at radius 2 is 1.80 bits per heavy atom. The molecule has 1 aromatic heterocycles. The molecule has 0 aliphatic heterocycles. The van der Waals surface area contributed by atoms with E-state index in [1.54, 1.807) is 0 Å². The number of pyridine rings is 1. The van der Waals surface area contributed by atoms with Crippen LogP contribution < -0.4 is 10.5 Å². The van der Waals surface area contributed by atoms with Gasteiger partial charge >= 0.3 is 0 Å². The van der Waals surface area contributed by atoms with Gasteiger partial charge in [-0.05, 0) is 29.1 Å². The Labute approximate surface area is 118 Å². The van der Waals surface area contributed by atoms with Crippen molar-refractivity contribution in [3.05, 3.63) is 72.1 Å². The molecule has 2 aromatic carbocycles. The number of nitrogens with two attached hydrogens (primary N) is 1. The molecule has 0 atom stereocenters. The van der Waals surface area contributed by atoms with Crippen molar-refractivity contribution in [3.8, 4) is 5.75 Å².